The summed E-state index contributed by atoms with van der Waals surface area (Å²) in [5.41, 5.74) is 4.91. The number of hydrogen-bond donors (Lipinski definition) is 4. The monoisotopic (exact) mass is 772 g/mol. The molecular weight excluding hydrogens is 724 g/mol. The molecule has 0 radical (unpaired) electrons. The van der Waals surface area contributed by atoms with Gasteiger partial charge < -0.3 is 39.5 Å². The van der Waals surface area contributed by atoms with E-state index in [4.69, 9.17) is 25.8 Å². The molecule has 4 N–H and O–H groups in total. The van der Waals surface area contributed by atoms with Gasteiger partial charge >= 0.3 is 5.97 Å². The predicted molar refractivity (Wildman–Crippen MR) is 208 cm³/mol. The van der Waals surface area contributed by atoms with Crippen LogP contribution in [0.15, 0.2) is 67.0 Å². The highest BCUT2D eigenvalue weighted by Crippen LogP contribution is 2.37. The normalized spacial score (nSPS) is 15.4. The molecule has 0 bridgehead atoms. The Balaban J connectivity index is 1.36. The Hall–Kier alpha value is -4.74. The Morgan fingerprint density at radius 3 is 2.44 bits per heavy atom. The number of aromatic nitrogens is 1. The van der Waals surface area contributed by atoms with Crippen molar-refractivity contribution in [2.45, 2.75) is 65.0 Å². The number of nitriles is 1. The quantitative estimate of drug-likeness (QED) is 0.0884. The first-order chi connectivity index (χ1) is 26.5. The molecule has 0 aliphatic carbocycles. The predicted octanol–water partition coefficient (Wildman–Crippen LogP) is 5.51. The number of nitrogens with zero attached hydrogens (tertiary/aromatic N) is 4. The lowest BCUT2D eigenvalue weighted by Gasteiger charge is -2.36. The number of likely N-dealkylation sites (tertiary alicyclic amines) is 1. The van der Waals surface area contributed by atoms with Crippen LogP contribution < -0.4 is 14.2 Å². The van der Waals surface area contributed by atoms with Crippen LogP contribution in [0.5, 0.6) is 17.2 Å². The lowest BCUT2D eigenvalue weighted by molar-refractivity contribution is -0.154. The molecule has 0 amide bonds. The van der Waals surface area contributed by atoms with E-state index in [1.54, 1.807) is 24.4 Å². The molecule has 0 spiro atoms. The zero-order valence-corrected chi connectivity index (χ0v) is 32.3. The Morgan fingerprint density at radius 1 is 1.00 bits per heavy atom. The molecule has 4 aromatic rings. The molecule has 292 valence electrons. The van der Waals surface area contributed by atoms with Crippen LogP contribution >= 0.6 is 11.6 Å². The number of aliphatic carboxylic acids is 1. The van der Waals surface area contributed by atoms with Crippen LogP contribution in [0.25, 0.3) is 11.1 Å². The number of benzene rings is 3. The topological polar surface area (TPSA) is 169 Å². The third kappa shape index (κ3) is 10.3. The van der Waals surface area contributed by atoms with Gasteiger partial charge in [-0.3, -0.25) is 14.7 Å². The highest BCUT2D eigenvalue weighted by molar-refractivity contribution is 6.32. The zero-order chi connectivity index (χ0) is 39.5. The van der Waals surface area contributed by atoms with Gasteiger partial charge in [-0.1, -0.05) is 41.9 Å². The van der Waals surface area contributed by atoms with Crippen molar-refractivity contribution in [1.82, 2.24) is 14.8 Å². The van der Waals surface area contributed by atoms with E-state index < -0.39 is 18.1 Å². The number of pyridine rings is 1. The number of carbonyl (C=O) groups is 1. The van der Waals surface area contributed by atoms with Crippen molar-refractivity contribution in [2.24, 2.45) is 0 Å². The van der Waals surface area contributed by atoms with Crippen LogP contribution in [0.1, 0.15) is 53.1 Å². The molecule has 2 atom stereocenters. The Labute approximate surface area is 327 Å². The van der Waals surface area contributed by atoms with Gasteiger partial charge in [0.2, 0.25) is 0 Å². The van der Waals surface area contributed by atoms with Gasteiger partial charge in [-0.15, -0.1) is 0 Å². The summed E-state index contributed by atoms with van der Waals surface area (Å²) in [6, 6.07) is 19.1. The summed E-state index contributed by atoms with van der Waals surface area (Å²) in [4.78, 5) is 20.0. The minimum absolute atomic E-state index is 0.0262. The Morgan fingerprint density at radius 2 is 1.75 bits per heavy atom. The fourth-order valence-corrected chi connectivity index (χ4v) is 6.94. The molecule has 1 aromatic heterocycles. The molecule has 3 aromatic carbocycles. The third-order valence-electron chi connectivity index (χ3n) is 10.2. The number of hydrogen-bond acceptors (Lipinski definition) is 11. The number of carboxylic acid groups (broad SMARTS) is 1. The minimum Gasteiger partial charge on any atom is -0.493 e. The van der Waals surface area contributed by atoms with Gasteiger partial charge in [-0.05, 0) is 79.6 Å². The molecule has 5 rings (SSSR count). The van der Waals surface area contributed by atoms with Crippen molar-refractivity contribution < 1.29 is 39.4 Å². The number of aliphatic hydroxyl groups excluding tert-OH is 3. The molecule has 55 heavy (non-hydrogen) atoms. The van der Waals surface area contributed by atoms with Gasteiger partial charge in [0, 0.05) is 62.3 Å². The summed E-state index contributed by atoms with van der Waals surface area (Å²) in [6.07, 6.45) is 4.50. The molecule has 1 aliphatic rings. The molecular formula is C42H49ClN4O8. The number of rotatable bonds is 19. The van der Waals surface area contributed by atoms with Gasteiger partial charge in [-0.2, -0.15) is 5.26 Å². The van der Waals surface area contributed by atoms with E-state index in [9.17, 15) is 30.5 Å². The van der Waals surface area contributed by atoms with Crippen molar-refractivity contribution in [2.75, 3.05) is 46.0 Å². The van der Waals surface area contributed by atoms with Crippen LogP contribution in [0, 0.1) is 25.2 Å². The molecule has 1 aliphatic heterocycles. The average Bonchev–Trinajstić information content (AvgIpc) is 3.60. The fraction of sp³-hybridized carbons (Fsp3) is 0.405. The van der Waals surface area contributed by atoms with Crippen molar-refractivity contribution in [3.63, 3.8) is 0 Å². The second kappa shape index (κ2) is 19.2. The summed E-state index contributed by atoms with van der Waals surface area (Å²) in [5.74, 6) is 0.251. The lowest BCUT2D eigenvalue weighted by atomic mass is 9.93. The second-order valence-corrected chi connectivity index (χ2v) is 14.4. The first kappa shape index (κ1) is 41.4. The van der Waals surface area contributed by atoms with Crippen LogP contribution in [-0.2, 0) is 24.6 Å². The summed E-state index contributed by atoms with van der Waals surface area (Å²) in [6.45, 7) is 7.72. The summed E-state index contributed by atoms with van der Waals surface area (Å²) < 4.78 is 18.8. The first-order valence-electron chi connectivity index (χ1n) is 18.3. The first-order valence-corrected chi connectivity index (χ1v) is 18.7. The van der Waals surface area contributed by atoms with Crippen LogP contribution in [-0.4, -0.2) is 98.8 Å². The molecule has 1 saturated heterocycles. The maximum absolute atomic E-state index is 12.2. The van der Waals surface area contributed by atoms with E-state index in [2.05, 4.69) is 35.0 Å². The van der Waals surface area contributed by atoms with Crippen LogP contribution in [0.3, 0.4) is 0 Å². The smallest absolute Gasteiger partial charge is 0.326 e. The maximum atomic E-state index is 12.2. The molecule has 2 heterocycles. The molecule has 0 unspecified atom stereocenters. The SMILES string of the molecule is Cc1c(COc2cc(OCc3cncc(C#N)c3)c(CN(CCO)[C@@](C)(CO)C(=O)O)cc2Cl)cccc1-c1cccc(OCCCN2CC[C@@H](O)C2)c1C. The van der Waals surface area contributed by atoms with Crippen molar-refractivity contribution >= 4 is 17.6 Å². The van der Waals surface area contributed by atoms with Gasteiger partial charge in [0.15, 0.2) is 0 Å². The molecule has 1 fully saturated rings. The summed E-state index contributed by atoms with van der Waals surface area (Å²) >= 11 is 6.81. The van der Waals surface area contributed by atoms with E-state index in [1.807, 2.05) is 31.2 Å². The highest BCUT2D eigenvalue weighted by Gasteiger charge is 2.39. The van der Waals surface area contributed by atoms with Crippen LogP contribution in [0.4, 0.5) is 0 Å². The average molecular weight is 773 g/mol. The van der Waals surface area contributed by atoms with Crippen molar-refractivity contribution in [3.8, 4) is 34.4 Å². The molecule has 12 nitrogen and oxygen atoms in total. The number of halogens is 1. The number of ether oxygens (including phenoxy) is 3. The van der Waals surface area contributed by atoms with E-state index in [1.165, 1.54) is 18.0 Å². The lowest BCUT2D eigenvalue weighted by Crippen LogP contribution is -2.55. The van der Waals surface area contributed by atoms with E-state index in [-0.39, 0.29) is 44.0 Å². The highest BCUT2D eigenvalue weighted by atomic mass is 35.5. The maximum Gasteiger partial charge on any atom is 0.326 e. The van der Waals surface area contributed by atoms with E-state index >= 15 is 0 Å². The minimum atomic E-state index is -1.70. The number of aliphatic hydroxyl groups is 3. The Bertz CT molecular complexity index is 1990. The second-order valence-electron chi connectivity index (χ2n) is 14.0. The largest absolute Gasteiger partial charge is 0.493 e. The van der Waals surface area contributed by atoms with Gasteiger partial charge in [-0.25, -0.2) is 0 Å². The fourth-order valence-electron chi connectivity index (χ4n) is 6.70. The number of carboxylic acids is 1. The van der Waals surface area contributed by atoms with Crippen molar-refractivity contribution in [3.05, 3.63) is 105 Å². The summed E-state index contributed by atoms with van der Waals surface area (Å²) in [7, 11) is 0. The Kier molecular flexibility index (Phi) is 14.5. The van der Waals surface area contributed by atoms with E-state index in [0.29, 0.717) is 34.8 Å². The molecule has 0 saturated carbocycles. The van der Waals surface area contributed by atoms with Gasteiger partial charge in [0.25, 0.3) is 0 Å². The van der Waals surface area contributed by atoms with Gasteiger partial charge in [0.05, 0.1) is 36.5 Å². The number of β-amino-alcohol motifs (C(OH)–C–C–N with tert-alkyl or cyclic N) is 2. The summed E-state index contributed by atoms with van der Waals surface area (Å²) in [5, 5.41) is 49.2. The molecule has 13 heteroatoms. The van der Waals surface area contributed by atoms with Crippen LogP contribution in [0.2, 0.25) is 5.02 Å². The van der Waals surface area contributed by atoms with Gasteiger partial charge in [0.1, 0.15) is 42.1 Å². The zero-order valence-electron chi connectivity index (χ0n) is 31.5. The van der Waals surface area contributed by atoms with E-state index in [0.717, 1.165) is 66.0 Å². The standard InChI is InChI=1S/C42H49ClN4O8/c1-28-32(7-4-8-35(28)36-9-5-10-38(29(36)2)53-16-6-12-46-13-11-34(50)24-46)26-55-40-19-39(54-25-31-17-30(20-44)21-45-22-31)33(18-37(40)43)23-47(14-15-48)42(3,27-49)41(51)52/h4-5,7-10,17-19,21-22,34,48-50H,6,11-16,23-27H2,1-3H3,(H,51,52)/t34-,42+/m1/s1. The third-order valence-corrected chi connectivity index (χ3v) is 10.5. The van der Waals surface area contributed by atoms with Crippen molar-refractivity contribution in [1.29, 1.82) is 5.26 Å².